The van der Waals surface area contributed by atoms with E-state index in [-0.39, 0.29) is 5.92 Å². The van der Waals surface area contributed by atoms with Crippen molar-refractivity contribution >= 4 is 5.97 Å². The Hall–Kier alpha value is -2.14. The van der Waals surface area contributed by atoms with E-state index in [0.717, 1.165) is 37.3 Å². The maximum atomic E-state index is 12.1. The number of carboxylic acids is 1. The summed E-state index contributed by atoms with van der Waals surface area (Å²) in [4.78, 5) is 14.4. The Morgan fingerprint density at radius 3 is 2.88 bits per heavy atom. The van der Waals surface area contributed by atoms with Crippen molar-refractivity contribution in [3.63, 3.8) is 0 Å². The first-order chi connectivity index (χ1) is 12.1. The average molecular weight is 340 g/mol. The number of rotatable bonds is 4. The van der Waals surface area contributed by atoms with Gasteiger partial charge < -0.3 is 9.63 Å². The zero-order chi connectivity index (χ0) is 17.4. The van der Waals surface area contributed by atoms with Crippen LogP contribution in [-0.4, -0.2) is 34.2 Å². The molecule has 1 saturated carbocycles. The highest BCUT2D eigenvalue weighted by atomic mass is 16.5. The average Bonchev–Trinajstić information content (AvgIpc) is 3.18. The maximum absolute atomic E-state index is 12.1. The maximum Gasteiger partial charge on any atom is 0.311 e. The predicted molar refractivity (Wildman–Crippen MR) is 93.1 cm³/mol. The molecule has 25 heavy (non-hydrogen) atoms. The molecule has 2 aromatic rings. The van der Waals surface area contributed by atoms with Crippen LogP contribution in [0.4, 0.5) is 0 Å². The molecule has 132 valence electrons. The first-order valence-electron chi connectivity index (χ1n) is 9.00. The van der Waals surface area contributed by atoms with Gasteiger partial charge in [0.15, 0.2) is 5.76 Å². The third-order valence-corrected chi connectivity index (χ3v) is 6.03. The second-order valence-corrected chi connectivity index (χ2v) is 7.64. The minimum Gasteiger partial charge on any atom is -0.481 e. The molecule has 1 aliphatic carbocycles. The molecule has 0 spiro atoms. The standard InChI is InChI=1S/C20H24N2O3/c1-14-9-18(25-21-14)12-22-11-17-10-16(15-5-3-2-4-6-15)7-8-20(17,13-22)19(23)24/h2-6,9,16-17H,7-8,10-13H2,1H3,(H,23,24)/t16-,17-,20-/m0/s1. The van der Waals surface area contributed by atoms with Gasteiger partial charge in [-0.15, -0.1) is 0 Å². The van der Waals surface area contributed by atoms with E-state index in [2.05, 4.69) is 34.3 Å². The van der Waals surface area contributed by atoms with Crippen LogP contribution in [0.3, 0.4) is 0 Å². The molecule has 0 bridgehead atoms. The van der Waals surface area contributed by atoms with Gasteiger partial charge in [-0.05, 0) is 43.6 Å². The predicted octanol–water partition coefficient (Wildman–Crippen LogP) is 3.45. The van der Waals surface area contributed by atoms with Gasteiger partial charge in [0.2, 0.25) is 0 Å². The van der Waals surface area contributed by atoms with Crippen molar-refractivity contribution in [2.45, 2.75) is 38.6 Å². The number of fused-ring (bicyclic) bond motifs is 1. The van der Waals surface area contributed by atoms with Gasteiger partial charge in [-0.1, -0.05) is 35.5 Å². The molecule has 2 fully saturated rings. The molecular formula is C20H24N2O3. The zero-order valence-corrected chi connectivity index (χ0v) is 14.5. The largest absolute Gasteiger partial charge is 0.481 e. The fourth-order valence-electron chi connectivity index (χ4n) is 4.76. The molecule has 1 aromatic heterocycles. The summed E-state index contributed by atoms with van der Waals surface area (Å²) >= 11 is 0. The van der Waals surface area contributed by atoms with E-state index in [4.69, 9.17) is 4.52 Å². The zero-order valence-electron chi connectivity index (χ0n) is 14.5. The summed E-state index contributed by atoms with van der Waals surface area (Å²) in [5, 5.41) is 13.9. The number of hydrogen-bond acceptors (Lipinski definition) is 4. The van der Waals surface area contributed by atoms with Crippen LogP contribution in [0.25, 0.3) is 0 Å². The van der Waals surface area contributed by atoms with Crippen molar-refractivity contribution < 1.29 is 14.4 Å². The van der Waals surface area contributed by atoms with Gasteiger partial charge in [0.1, 0.15) is 0 Å². The Morgan fingerprint density at radius 1 is 1.40 bits per heavy atom. The van der Waals surface area contributed by atoms with Crippen molar-refractivity contribution in [2.24, 2.45) is 11.3 Å². The Morgan fingerprint density at radius 2 is 2.20 bits per heavy atom. The number of carbonyl (C=O) groups is 1. The van der Waals surface area contributed by atoms with Gasteiger partial charge >= 0.3 is 5.97 Å². The Kier molecular flexibility index (Phi) is 4.12. The Labute approximate surface area is 147 Å². The van der Waals surface area contributed by atoms with E-state index < -0.39 is 11.4 Å². The molecule has 5 heteroatoms. The summed E-state index contributed by atoms with van der Waals surface area (Å²) in [5.41, 5.74) is 1.59. The Balaban J connectivity index is 1.52. The first-order valence-corrected chi connectivity index (χ1v) is 9.00. The van der Waals surface area contributed by atoms with E-state index in [1.807, 2.05) is 19.1 Å². The highest BCUT2D eigenvalue weighted by molar-refractivity contribution is 5.76. The quantitative estimate of drug-likeness (QED) is 0.923. The Bertz CT molecular complexity index is 757. The third-order valence-electron chi connectivity index (χ3n) is 6.03. The van der Waals surface area contributed by atoms with Crippen LogP contribution in [0, 0.1) is 18.3 Å². The summed E-state index contributed by atoms with van der Waals surface area (Å²) in [6, 6.07) is 12.4. The lowest BCUT2D eigenvalue weighted by atomic mass is 9.64. The number of likely N-dealkylation sites (tertiary alicyclic amines) is 1. The van der Waals surface area contributed by atoms with E-state index in [1.54, 1.807) is 0 Å². The molecule has 2 aliphatic rings. The van der Waals surface area contributed by atoms with Gasteiger partial charge in [-0.2, -0.15) is 0 Å². The van der Waals surface area contributed by atoms with Crippen molar-refractivity contribution in [1.29, 1.82) is 0 Å². The number of aryl methyl sites for hydroxylation is 1. The van der Waals surface area contributed by atoms with Crippen LogP contribution in [0.5, 0.6) is 0 Å². The van der Waals surface area contributed by atoms with Crippen molar-refractivity contribution in [3.8, 4) is 0 Å². The number of aromatic nitrogens is 1. The van der Waals surface area contributed by atoms with Crippen molar-refractivity contribution in [1.82, 2.24) is 10.1 Å². The summed E-state index contributed by atoms with van der Waals surface area (Å²) in [6.07, 6.45) is 2.64. The van der Waals surface area contributed by atoms with Crippen molar-refractivity contribution in [3.05, 3.63) is 53.4 Å². The van der Waals surface area contributed by atoms with Crippen LogP contribution in [0.15, 0.2) is 40.9 Å². The summed E-state index contributed by atoms with van der Waals surface area (Å²) < 4.78 is 5.32. The summed E-state index contributed by atoms with van der Waals surface area (Å²) in [5.74, 6) is 0.829. The smallest absolute Gasteiger partial charge is 0.311 e. The van der Waals surface area contributed by atoms with Gasteiger partial charge in [0, 0.05) is 19.2 Å². The minimum absolute atomic E-state index is 0.188. The van der Waals surface area contributed by atoms with E-state index in [0.29, 0.717) is 19.0 Å². The molecule has 0 radical (unpaired) electrons. The number of hydrogen-bond donors (Lipinski definition) is 1. The molecule has 1 saturated heterocycles. The molecule has 1 N–H and O–H groups in total. The molecule has 3 atom stereocenters. The van der Waals surface area contributed by atoms with Crippen LogP contribution in [0.2, 0.25) is 0 Å². The molecule has 5 nitrogen and oxygen atoms in total. The number of nitrogens with zero attached hydrogens (tertiary/aromatic N) is 2. The van der Waals surface area contributed by atoms with Gasteiger partial charge in [0.05, 0.1) is 17.7 Å². The SMILES string of the molecule is Cc1cc(CN2C[C@@H]3C[C@@H](c4ccccc4)CC[C@]3(C(=O)O)C2)on1. The number of aliphatic carboxylic acids is 1. The number of carboxylic acid groups (broad SMARTS) is 1. The normalized spacial score (nSPS) is 29.5. The topological polar surface area (TPSA) is 66.6 Å². The molecule has 0 amide bonds. The van der Waals surface area contributed by atoms with Gasteiger partial charge in [-0.3, -0.25) is 9.69 Å². The van der Waals surface area contributed by atoms with E-state index in [9.17, 15) is 9.90 Å². The molecule has 0 unspecified atom stereocenters. The first kappa shape index (κ1) is 16.3. The molecule has 1 aromatic carbocycles. The highest BCUT2D eigenvalue weighted by Gasteiger charge is 2.54. The number of benzene rings is 1. The highest BCUT2D eigenvalue weighted by Crippen LogP contribution is 2.51. The van der Waals surface area contributed by atoms with Crippen LogP contribution >= 0.6 is 0 Å². The molecular weight excluding hydrogens is 316 g/mol. The molecule has 4 rings (SSSR count). The fraction of sp³-hybridized carbons (Fsp3) is 0.500. The lowest BCUT2D eigenvalue weighted by Gasteiger charge is -2.38. The van der Waals surface area contributed by atoms with Crippen LogP contribution in [0.1, 0.15) is 42.2 Å². The van der Waals surface area contributed by atoms with E-state index in [1.165, 1.54) is 5.56 Å². The summed E-state index contributed by atoms with van der Waals surface area (Å²) in [6.45, 7) is 3.96. The lowest BCUT2D eigenvalue weighted by Crippen LogP contribution is -2.42. The lowest BCUT2D eigenvalue weighted by molar-refractivity contribution is -0.152. The monoisotopic (exact) mass is 340 g/mol. The molecule has 2 heterocycles. The fourth-order valence-corrected chi connectivity index (χ4v) is 4.76. The van der Waals surface area contributed by atoms with E-state index >= 15 is 0 Å². The summed E-state index contributed by atoms with van der Waals surface area (Å²) in [7, 11) is 0. The molecule has 1 aliphatic heterocycles. The van der Waals surface area contributed by atoms with Crippen LogP contribution < -0.4 is 0 Å². The second-order valence-electron chi connectivity index (χ2n) is 7.64. The van der Waals surface area contributed by atoms with Crippen LogP contribution in [-0.2, 0) is 11.3 Å². The third kappa shape index (κ3) is 2.97. The minimum atomic E-state index is -0.639. The second kappa shape index (κ2) is 6.30. The van der Waals surface area contributed by atoms with Gasteiger partial charge in [0.25, 0.3) is 0 Å². The van der Waals surface area contributed by atoms with Gasteiger partial charge in [-0.25, -0.2) is 0 Å². The van der Waals surface area contributed by atoms with Crippen molar-refractivity contribution in [2.75, 3.05) is 13.1 Å².